The largest absolute Gasteiger partial charge is 0.396 e. The summed E-state index contributed by atoms with van der Waals surface area (Å²) in [6, 6.07) is -1.33. The van der Waals surface area contributed by atoms with Crippen molar-refractivity contribution in [3.63, 3.8) is 0 Å². The normalized spacial score (nSPS) is 18.6. The second-order valence-electron chi connectivity index (χ2n) is 25.4. The van der Waals surface area contributed by atoms with E-state index >= 15 is 0 Å². The number of nitrogens with two attached hydrogens (primary N) is 2. The molecule has 0 spiro atoms. The maximum atomic E-state index is 15.0. The number of aromatic amines is 1. The van der Waals surface area contributed by atoms with E-state index in [0.717, 1.165) is 37.0 Å². The van der Waals surface area contributed by atoms with Crippen molar-refractivity contribution in [1.82, 2.24) is 41.1 Å². The lowest BCUT2D eigenvalue weighted by atomic mass is 9.78. The fraction of sp³-hybridized carbons (Fsp3) is 0.689. The molecule has 3 heterocycles. The van der Waals surface area contributed by atoms with Crippen LogP contribution in [-0.2, 0) is 54.4 Å². The van der Waals surface area contributed by atoms with E-state index in [-0.39, 0.29) is 75.4 Å². The standard InChI is InChI=1S/C61H94N10O13/c1-9-61(7,32-52(78)47-29-42(73)34-71(47)56(82)41(35-72)27-50(76)46-33-66-36-67-46)58(84)70-44(24-38-18-21-65-22-19-38)48(74)25-39(23-37-15-11-10-12-16-37)54(80)69-45(30-59(2,3)4)49(75)26-40(28-53(63)79)55(81)68-43(17-13-14-20-62)51(77)31-60(5,6)57(83)64-8/h18-19,21-22,33,36-37,39-45,47,72-73H,9-17,20,23-32,34-35,62H2,1-8H3,(H2,63,79)(H,64,83)(H,66,67)(H,68,81)(H,69,80)(H,70,84)/t39-,40+,41+,42+,43+,44+,45+,47-,61-/m1/s1. The maximum absolute atomic E-state index is 15.0. The minimum absolute atomic E-state index is 0.0186. The summed E-state index contributed by atoms with van der Waals surface area (Å²) in [5.74, 6) is -10.1. The molecule has 0 unspecified atom stereocenters. The Hall–Kier alpha value is -6.59. The number of rotatable bonds is 36. The Morgan fingerprint density at radius 3 is 1.98 bits per heavy atom. The summed E-state index contributed by atoms with van der Waals surface area (Å²) in [5.41, 5.74) is 9.00. The minimum atomic E-state index is -1.46. The Bertz CT molecular complexity index is 2580. The zero-order valence-corrected chi connectivity index (χ0v) is 50.6. The SMILES string of the molecule is CC[C@](C)(CC(=O)[C@H]1C[C@H](O)CN1C(=O)[C@H](CO)CC(=O)c1cnc[nH]1)C(=O)N[C@@H](Cc1ccncc1)C(=O)C[C@@H](CC1CCCCC1)C(=O)N[C@@H](CC(C)(C)C)C(=O)C[C@@H](CC(N)=O)C(=O)N[C@@H](CCCCN)C(=O)CC(C)(C)C(=O)NC. The second-order valence-corrected chi connectivity index (χ2v) is 25.4. The smallest absolute Gasteiger partial charge is 0.229 e. The number of hydrogen-bond donors (Lipinski definition) is 9. The third-order valence-electron chi connectivity index (χ3n) is 16.6. The third kappa shape index (κ3) is 21.5. The van der Waals surface area contributed by atoms with Crippen molar-refractivity contribution < 1.29 is 63.0 Å². The number of unbranched alkanes of at least 4 members (excludes halogenated alkanes) is 1. The number of nitrogens with zero attached hydrogens (tertiary/aromatic N) is 3. The van der Waals surface area contributed by atoms with E-state index in [1.165, 1.54) is 32.0 Å². The predicted octanol–water partition coefficient (Wildman–Crippen LogP) is 3.31. The number of β-amino-alcohol motifs (C(OH)–C–C–N with tert-alkyl or cyclic N) is 1. The molecule has 2 aromatic rings. The van der Waals surface area contributed by atoms with Crippen molar-refractivity contribution in [3.8, 4) is 0 Å². The van der Waals surface area contributed by atoms with E-state index in [0.29, 0.717) is 24.9 Å². The summed E-state index contributed by atoms with van der Waals surface area (Å²) < 4.78 is 0. The zero-order chi connectivity index (χ0) is 62.5. The zero-order valence-electron chi connectivity index (χ0n) is 50.6. The first kappa shape index (κ1) is 69.9. The van der Waals surface area contributed by atoms with Gasteiger partial charge in [0.2, 0.25) is 35.4 Å². The van der Waals surface area contributed by atoms with Gasteiger partial charge in [-0.2, -0.15) is 0 Å². The Balaban J connectivity index is 1.62. The first-order valence-corrected chi connectivity index (χ1v) is 29.8. The molecule has 466 valence electrons. The van der Waals surface area contributed by atoms with Gasteiger partial charge in [0.05, 0.1) is 72.1 Å². The van der Waals surface area contributed by atoms with Crippen LogP contribution in [0.4, 0.5) is 0 Å². The lowest BCUT2D eigenvalue weighted by molar-refractivity contribution is -0.144. The number of carbonyl (C=O) groups is 11. The van der Waals surface area contributed by atoms with Gasteiger partial charge in [0, 0.05) is 76.8 Å². The molecule has 84 heavy (non-hydrogen) atoms. The van der Waals surface area contributed by atoms with Crippen molar-refractivity contribution in [1.29, 1.82) is 0 Å². The van der Waals surface area contributed by atoms with Crippen LogP contribution in [0.25, 0.3) is 0 Å². The van der Waals surface area contributed by atoms with Crippen molar-refractivity contribution in [2.24, 2.45) is 51.4 Å². The van der Waals surface area contributed by atoms with Gasteiger partial charge in [0.25, 0.3) is 0 Å². The Morgan fingerprint density at radius 2 is 1.39 bits per heavy atom. The molecule has 4 rings (SSSR count). The first-order valence-electron chi connectivity index (χ1n) is 29.8. The van der Waals surface area contributed by atoms with E-state index in [2.05, 4.69) is 36.2 Å². The van der Waals surface area contributed by atoms with Crippen LogP contribution in [0.3, 0.4) is 0 Å². The maximum Gasteiger partial charge on any atom is 0.229 e. The molecular weight excluding hydrogens is 1080 g/mol. The Morgan fingerprint density at radius 1 is 0.762 bits per heavy atom. The summed E-state index contributed by atoms with van der Waals surface area (Å²) in [6.07, 6.45) is 8.02. The molecule has 11 N–H and O–H groups in total. The number of primary amides is 1. The number of nitrogens with one attached hydrogen (secondary N) is 5. The average molecular weight is 1180 g/mol. The molecule has 1 aliphatic carbocycles. The van der Waals surface area contributed by atoms with Gasteiger partial charge in [-0.1, -0.05) is 80.6 Å². The molecule has 2 aromatic heterocycles. The quantitative estimate of drug-likeness (QED) is 0.0349. The summed E-state index contributed by atoms with van der Waals surface area (Å²) in [6.45, 7) is 11.4. The van der Waals surface area contributed by atoms with Crippen LogP contribution in [0.2, 0.25) is 0 Å². The molecule has 1 saturated carbocycles. The number of carbonyl (C=O) groups excluding carboxylic acids is 11. The molecule has 1 aliphatic heterocycles. The number of H-pyrrole nitrogens is 1. The van der Waals surface area contributed by atoms with Crippen molar-refractivity contribution in [2.75, 3.05) is 26.7 Å². The summed E-state index contributed by atoms with van der Waals surface area (Å²) in [4.78, 5) is 165. The summed E-state index contributed by atoms with van der Waals surface area (Å²) in [5, 5.41) is 32.1. The highest BCUT2D eigenvalue weighted by Crippen LogP contribution is 2.34. The first-order chi connectivity index (χ1) is 39.5. The van der Waals surface area contributed by atoms with Crippen LogP contribution in [0.15, 0.2) is 37.1 Å². The van der Waals surface area contributed by atoms with Crippen molar-refractivity contribution in [3.05, 3.63) is 48.3 Å². The number of pyridine rings is 1. The van der Waals surface area contributed by atoms with Gasteiger partial charge in [-0.15, -0.1) is 0 Å². The van der Waals surface area contributed by atoms with Crippen LogP contribution in [0.5, 0.6) is 0 Å². The Labute approximate surface area is 493 Å². The molecule has 0 radical (unpaired) electrons. The van der Waals surface area contributed by atoms with Gasteiger partial charge in [-0.25, -0.2) is 4.98 Å². The molecule has 9 atom stereocenters. The van der Waals surface area contributed by atoms with Gasteiger partial charge in [-0.05, 0) is 80.5 Å². The topological polar surface area (TPSA) is 373 Å². The molecule has 0 bridgehead atoms. The highest BCUT2D eigenvalue weighted by Gasteiger charge is 2.46. The fourth-order valence-electron chi connectivity index (χ4n) is 11.4. The van der Waals surface area contributed by atoms with E-state index < -0.39 is 155 Å². The highest BCUT2D eigenvalue weighted by molar-refractivity contribution is 6.01. The summed E-state index contributed by atoms with van der Waals surface area (Å²) >= 11 is 0. The number of likely N-dealkylation sites (tertiary alicyclic amines) is 1. The van der Waals surface area contributed by atoms with Crippen LogP contribution >= 0.6 is 0 Å². The summed E-state index contributed by atoms with van der Waals surface area (Å²) in [7, 11) is 1.45. The number of amides is 6. The molecule has 2 aliphatic rings. The molecule has 23 heteroatoms. The minimum Gasteiger partial charge on any atom is -0.396 e. The number of hydrogen-bond acceptors (Lipinski definition) is 16. The molecule has 6 amide bonds. The average Bonchev–Trinajstić information content (AvgIpc) is 4.16. The van der Waals surface area contributed by atoms with Crippen LogP contribution in [-0.4, -0.2) is 151 Å². The highest BCUT2D eigenvalue weighted by atomic mass is 16.3. The van der Waals surface area contributed by atoms with Crippen LogP contribution in [0, 0.1) is 39.9 Å². The van der Waals surface area contributed by atoms with Gasteiger partial charge in [0.15, 0.2) is 28.9 Å². The van der Waals surface area contributed by atoms with E-state index in [4.69, 9.17) is 11.5 Å². The number of imidazole rings is 1. The number of aliphatic hydroxyl groups excluding tert-OH is 2. The monoisotopic (exact) mass is 1170 g/mol. The van der Waals surface area contributed by atoms with Gasteiger partial charge >= 0.3 is 0 Å². The predicted molar refractivity (Wildman–Crippen MR) is 312 cm³/mol. The van der Waals surface area contributed by atoms with Crippen LogP contribution in [0.1, 0.15) is 180 Å². The van der Waals surface area contributed by atoms with E-state index in [1.807, 2.05) is 20.8 Å². The lowest BCUT2D eigenvalue weighted by Gasteiger charge is -2.33. The van der Waals surface area contributed by atoms with E-state index in [1.54, 1.807) is 39.8 Å². The molecule has 23 nitrogen and oxygen atoms in total. The molecular formula is C61H94N10O13. The molecule has 2 fully saturated rings. The number of aromatic nitrogens is 3. The molecule has 1 saturated heterocycles. The fourth-order valence-corrected chi connectivity index (χ4v) is 11.4. The van der Waals surface area contributed by atoms with Gasteiger partial charge in [-0.3, -0.25) is 57.7 Å². The van der Waals surface area contributed by atoms with E-state index in [9.17, 15) is 63.0 Å². The Kier molecular flexibility index (Phi) is 27.1. The van der Waals surface area contributed by atoms with Gasteiger partial charge < -0.3 is 52.8 Å². The van der Waals surface area contributed by atoms with Crippen molar-refractivity contribution in [2.45, 2.75) is 201 Å². The third-order valence-corrected chi connectivity index (χ3v) is 16.6. The number of aliphatic hydroxyl groups is 2. The molecule has 0 aromatic carbocycles. The van der Waals surface area contributed by atoms with Crippen molar-refractivity contribution >= 4 is 64.4 Å². The lowest BCUT2D eigenvalue weighted by Crippen LogP contribution is -2.52. The number of ketones is 5. The number of Topliss-reactive ketones (excluding diaryl/α,β-unsaturated/α-hetero) is 5. The van der Waals surface area contributed by atoms with Crippen LogP contribution < -0.4 is 32.7 Å². The van der Waals surface area contributed by atoms with Gasteiger partial charge in [0.1, 0.15) is 5.69 Å². The second kappa shape index (κ2) is 32.6.